The van der Waals surface area contributed by atoms with Crippen molar-refractivity contribution in [2.75, 3.05) is 20.6 Å². The molecule has 0 radical (unpaired) electrons. The lowest BCUT2D eigenvalue weighted by atomic mass is 9.95. The van der Waals surface area contributed by atoms with Gasteiger partial charge in [-0.1, -0.05) is 18.7 Å². The highest BCUT2D eigenvalue weighted by Gasteiger charge is 2.35. The van der Waals surface area contributed by atoms with E-state index in [4.69, 9.17) is 0 Å². The fourth-order valence-electron chi connectivity index (χ4n) is 3.18. The van der Waals surface area contributed by atoms with Crippen LogP contribution >= 0.6 is 0 Å². The molecule has 1 fully saturated rings. The Morgan fingerprint density at radius 3 is 2.44 bits per heavy atom. The largest absolute Gasteiger partial charge is 0.416 e. The van der Waals surface area contributed by atoms with E-state index in [9.17, 15) is 22.8 Å². The Labute approximate surface area is 156 Å². The molecule has 1 saturated heterocycles. The number of hydrogen-bond donors (Lipinski definition) is 1. The van der Waals surface area contributed by atoms with Gasteiger partial charge in [-0.3, -0.25) is 14.5 Å². The van der Waals surface area contributed by atoms with Crippen molar-refractivity contribution in [2.45, 2.75) is 37.6 Å². The van der Waals surface area contributed by atoms with E-state index < -0.39 is 17.8 Å². The number of hydrogen-bond acceptors (Lipinski definition) is 3. The lowest BCUT2D eigenvalue weighted by molar-refractivity contribution is -0.137. The second-order valence-corrected chi connectivity index (χ2v) is 6.85. The third kappa shape index (κ3) is 5.56. The molecule has 0 aromatic heterocycles. The molecule has 2 rings (SSSR count). The molecule has 1 N–H and O–H groups in total. The Morgan fingerprint density at radius 1 is 1.30 bits per heavy atom. The summed E-state index contributed by atoms with van der Waals surface area (Å²) < 4.78 is 38.1. The Bertz CT molecular complexity index is 686. The lowest BCUT2D eigenvalue weighted by Gasteiger charge is -2.39. The minimum Gasteiger partial charge on any atom is -0.350 e. The van der Waals surface area contributed by atoms with Crippen LogP contribution in [0.15, 0.2) is 36.9 Å². The minimum absolute atomic E-state index is 0.0977. The van der Waals surface area contributed by atoms with E-state index in [1.807, 2.05) is 4.90 Å². The van der Waals surface area contributed by atoms with Crippen molar-refractivity contribution in [3.05, 3.63) is 48.0 Å². The zero-order valence-corrected chi connectivity index (χ0v) is 15.4. The van der Waals surface area contributed by atoms with Crippen LogP contribution < -0.4 is 5.32 Å². The standard InChI is InChI=1S/C19H24F3N3O2/c1-4-17(26)23-15-9-10-25(16(11-15)18(27)24(2)3)12-13-5-7-14(8-6-13)19(20,21)22/h4-8,15-16H,1,9-12H2,2-3H3,(H,23,26)/t15-,16+/m1/s1. The molecule has 0 spiro atoms. The molecule has 1 aliphatic heterocycles. The summed E-state index contributed by atoms with van der Waals surface area (Å²) in [4.78, 5) is 27.6. The molecule has 0 bridgehead atoms. The van der Waals surface area contributed by atoms with Crippen LogP contribution in [0.2, 0.25) is 0 Å². The fraction of sp³-hybridized carbons (Fsp3) is 0.474. The van der Waals surface area contributed by atoms with Crippen LogP contribution in [0, 0.1) is 0 Å². The van der Waals surface area contributed by atoms with Crippen molar-refractivity contribution in [1.82, 2.24) is 15.1 Å². The summed E-state index contributed by atoms with van der Waals surface area (Å²) in [5, 5.41) is 2.82. The number of rotatable bonds is 5. The van der Waals surface area contributed by atoms with Gasteiger partial charge in [0.2, 0.25) is 11.8 Å². The molecule has 1 aromatic rings. The molecule has 1 heterocycles. The third-order valence-electron chi connectivity index (χ3n) is 4.64. The van der Waals surface area contributed by atoms with E-state index in [1.165, 1.54) is 23.1 Å². The summed E-state index contributed by atoms with van der Waals surface area (Å²) in [6, 6.07) is 4.38. The second kappa shape index (κ2) is 8.56. The van der Waals surface area contributed by atoms with Crippen LogP contribution in [0.5, 0.6) is 0 Å². The molecule has 2 atom stereocenters. The van der Waals surface area contributed by atoms with E-state index in [1.54, 1.807) is 14.1 Å². The molecular formula is C19H24F3N3O2. The van der Waals surface area contributed by atoms with Crippen molar-refractivity contribution < 1.29 is 22.8 Å². The van der Waals surface area contributed by atoms with Crippen LogP contribution in [-0.4, -0.2) is 54.3 Å². The van der Waals surface area contributed by atoms with Gasteiger partial charge >= 0.3 is 6.18 Å². The summed E-state index contributed by atoms with van der Waals surface area (Å²) >= 11 is 0. The van der Waals surface area contributed by atoms with E-state index >= 15 is 0 Å². The number of nitrogens with one attached hydrogen (secondary N) is 1. The molecule has 5 nitrogen and oxygen atoms in total. The number of halogens is 3. The van der Waals surface area contributed by atoms with Crippen LogP contribution in [-0.2, 0) is 22.3 Å². The maximum atomic E-state index is 12.7. The van der Waals surface area contributed by atoms with Crippen molar-refractivity contribution in [3.8, 4) is 0 Å². The highest BCUT2D eigenvalue weighted by atomic mass is 19.4. The number of likely N-dealkylation sites (tertiary alicyclic amines) is 1. The average molecular weight is 383 g/mol. The summed E-state index contributed by atoms with van der Waals surface area (Å²) in [6.07, 6.45) is -2.09. The number of alkyl halides is 3. The van der Waals surface area contributed by atoms with Gasteiger partial charge in [0.25, 0.3) is 0 Å². The monoisotopic (exact) mass is 383 g/mol. The average Bonchev–Trinajstić information content (AvgIpc) is 2.61. The highest BCUT2D eigenvalue weighted by Crippen LogP contribution is 2.29. The molecule has 1 aromatic carbocycles. The predicted octanol–water partition coefficient (Wildman–Crippen LogP) is 2.43. The van der Waals surface area contributed by atoms with E-state index in [-0.39, 0.29) is 17.9 Å². The van der Waals surface area contributed by atoms with Gasteiger partial charge in [0.1, 0.15) is 0 Å². The van der Waals surface area contributed by atoms with Crippen molar-refractivity contribution in [2.24, 2.45) is 0 Å². The number of likely N-dealkylation sites (N-methyl/N-ethyl adjacent to an activating group) is 1. The summed E-state index contributed by atoms with van der Waals surface area (Å²) in [5.41, 5.74) is 0.00569. The van der Waals surface area contributed by atoms with Crippen molar-refractivity contribution >= 4 is 11.8 Å². The summed E-state index contributed by atoms with van der Waals surface area (Å²) in [6.45, 7) is 4.34. The van der Waals surface area contributed by atoms with E-state index in [2.05, 4.69) is 11.9 Å². The molecule has 27 heavy (non-hydrogen) atoms. The van der Waals surface area contributed by atoms with Crippen LogP contribution in [0.25, 0.3) is 0 Å². The van der Waals surface area contributed by atoms with Crippen molar-refractivity contribution in [3.63, 3.8) is 0 Å². The lowest BCUT2D eigenvalue weighted by Crippen LogP contribution is -2.54. The molecule has 148 valence electrons. The normalized spacial score (nSPS) is 20.8. The van der Waals surface area contributed by atoms with Gasteiger partial charge < -0.3 is 10.2 Å². The quantitative estimate of drug-likeness (QED) is 0.795. The first kappa shape index (κ1) is 21.0. The first-order chi connectivity index (χ1) is 12.6. The molecule has 0 saturated carbocycles. The molecule has 1 aliphatic rings. The second-order valence-electron chi connectivity index (χ2n) is 6.85. The molecule has 8 heteroatoms. The smallest absolute Gasteiger partial charge is 0.350 e. The van der Waals surface area contributed by atoms with Gasteiger partial charge in [-0.05, 0) is 36.6 Å². The predicted molar refractivity (Wildman–Crippen MR) is 95.7 cm³/mol. The van der Waals surface area contributed by atoms with Crippen LogP contribution in [0.4, 0.5) is 13.2 Å². The number of amides is 2. The number of carbonyl (C=O) groups excluding carboxylic acids is 2. The first-order valence-corrected chi connectivity index (χ1v) is 8.66. The minimum atomic E-state index is -4.37. The van der Waals surface area contributed by atoms with Gasteiger partial charge in [0.15, 0.2) is 0 Å². The number of carbonyl (C=O) groups is 2. The van der Waals surface area contributed by atoms with Crippen molar-refractivity contribution in [1.29, 1.82) is 0 Å². The zero-order valence-electron chi connectivity index (χ0n) is 15.4. The molecular weight excluding hydrogens is 359 g/mol. The van der Waals surface area contributed by atoms with E-state index in [0.29, 0.717) is 31.5 Å². The van der Waals surface area contributed by atoms with Gasteiger partial charge in [0.05, 0.1) is 11.6 Å². The van der Waals surface area contributed by atoms with Gasteiger partial charge in [-0.2, -0.15) is 13.2 Å². The van der Waals surface area contributed by atoms with Gasteiger partial charge in [-0.25, -0.2) is 0 Å². The SMILES string of the molecule is C=CC(=O)N[C@@H]1CCN(Cc2ccc(C(F)(F)F)cc2)[C@H](C(=O)N(C)C)C1. The Kier molecular flexibility index (Phi) is 6.64. The summed E-state index contributed by atoms with van der Waals surface area (Å²) in [7, 11) is 3.31. The topological polar surface area (TPSA) is 52.7 Å². The zero-order chi connectivity index (χ0) is 20.2. The Morgan fingerprint density at radius 2 is 1.93 bits per heavy atom. The van der Waals surface area contributed by atoms with E-state index in [0.717, 1.165) is 12.1 Å². The number of benzene rings is 1. The molecule has 0 aliphatic carbocycles. The maximum Gasteiger partial charge on any atom is 0.416 e. The Hall–Kier alpha value is -2.35. The van der Waals surface area contributed by atoms with Crippen LogP contribution in [0.1, 0.15) is 24.0 Å². The summed E-state index contributed by atoms with van der Waals surface area (Å²) in [5.74, 6) is -0.383. The first-order valence-electron chi connectivity index (χ1n) is 8.66. The third-order valence-corrected chi connectivity index (χ3v) is 4.64. The number of nitrogens with zero attached hydrogens (tertiary/aromatic N) is 2. The number of piperidine rings is 1. The van der Waals surface area contributed by atoms with Crippen LogP contribution in [0.3, 0.4) is 0 Å². The fourth-order valence-corrected chi connectivity index (χ4v) is 3.18. The maximum absolute atomic E-state index is 12.7. The highest BCUT2D eigenvalue weighted by molar-refractivity contribution is 5.87. The Balaban J connectivity index is 2.12. The van der Waals surface area contributed by atoms with Gasteiger partial charge in [0, 0.05) is 33.2 Å². The molecule has 2 amide bonds. The van der Waals surface area contributed by atoms with Gasteiger partial charge in [-0.15, -0.1) is 0 Å². The molecule has 0 unspecified atom stereocenters.